The number of aromatic nitrogens is 2. The van der Waals surface area contributed by atoms with E-state index < -0.39 is 0 Å². The van der Waals surface area contributed by atoms with Crippen molar-refractivity contribution in [2.45, 2.75) is 16.6 Å². The van der Waals surface area contributed by atoms with Crippen LogP contribution >= 0.6 is 23.4 Å². The third-order valence-electron chi connectivity index (χ3n) is 2.19. The van der Waals surface area contributed by atoms with E-state index in [0.29, 0.717) is 16.7 Å². The maximum absolute atomic E-state index is 11.3. The maximum Gasteiger partial charge on any atom is 0.253 e. The molecule has 0 aliphatic heterocycles. The summed E-state index contributed by atoms with van der Waals surface area (Å²) >= 11 is 7.18. The summed E-state index contributed by atoms with van der Waals surface area (Å²) in [6, 6.07) is 6.61. The molecule has 94 valence electrons. The van der Waals surface area contributed by atoms with Crippen LogP contribution in [0.15, 0.2) is 39.1 Å². The van der Waals surface area contributed by atoms with Gasteiger partial charge in [0.2, 0.25) is 0 Å². The van der Waals surface area contributed by atoms with Gasteiger partial charge in [-0.25, -0.2) is 4.98 Å². The standard InChI is InChI=1S/C11H11ClN4OS/c12-7-1-2-8(6(3-7)5-13)18-11-15-9(14)4-10(17)16-11/h1-4H,5,13H2,(H3,14,15,16,17). The minimum Gasteiger partial charge on any atom is -0.383 e. The van der Waals surface area contributed by atoms with Gasteiger partial charge in [0.15, 0.2) is 5.16 Å². The van der Waals surface area contributed by atoms with Crippen molar-refractivity contribution in [3.8, 4) is 0 Å². The van der Waals surface area contributed by atoms with E-state index >= 15 is 0 Å². The Hall–Kier alpha value is -1.50. The summed E-state index contributed by atoms with van der Waals surface area (Å²) in [6.07, 6.45) is 0. The summed E-state index contributed by atoms with van der Waals surface area (Å²) in [5.74, 6) is 0.185. The first kappa shape index (κ1) is 12.9. The van der Waals surface area contributed by atoms with E-state index in [1.165, 1.54) is 17.8 Å². The predicted molar refractivity (Wildman–Crippen MR) is 72.7 cm³/mol. The molecular formula is C11H11ClN4OS. The molecule has 0 aliphatic carbocycles. The minimum absolute atomic E-state index is 0.185. The van der Waals surface area contributed by atoms with Crippen LogP contribution in [0.5, 0.6) is 0 Å². The van der Waals surface area contributed by atoms with Gasteiger partial charge in [-0.15, -0.1) is 0 Å². The lowest BCUT2D eigenvalue weighted by molar-refractivity contribution is 0.941. The van der Waals surface area contributed by atoms with Crippen molar-refractivity contribution in [1.29, 1.82) is 0 Å². The summed E-state index contributed by atoms with van der Waals surface area (Å²) in [7, 11) is 0. The second-order valence-corrected chi connectivity index (χ2v) is 5.00. The van der Waals surface area contributed by atoms with Crippen LogP contribution in [0.3, 0.4) is 0 Å². The zero-order chi connectivity index (χ0) is 13.1. The first-order chi connectivity index (χ1) is 8.58. The third kappa shape index (κ3) is 3.04. The highest BCUT2D eigenvalue weighted by Gasteiger charge is 2.07. The zero-order valence-electron chi connectivity index (χ0n) is 9.31. The Kier molecular flexibility index (Phi) is 3.90. The van der Waals surface area contributed by atoms with Crippen LogP contribution in [0.25, 0.3) is 0 Å². The number of hydrogen-bond donors (Lipinski definition) is 3. The highest BCUT2D eigenvalue weighted by atomic mass is 35.5. The molecule has 0 saturated carbocycles. The third-order valence-corrected chi connectivity index (χ3v) is 3.43. The summed E-state index contributed by atoms with van der Waals surface area (Å²) in [5, 5.41) is 1.05. The fraction of sp³-hybridized carbons (Fsp3) is 0.0909. The van der Waals surface area contributed by atoms with Crippen LogP contribution in [-0.4, -0.2) is 9.97 Å². The second kappa shape index (κ2) is 5.43. The fourth-order valence-corrected chi connectivity index (χ4v) is 2.53. The molecular weight excluding hydrogens is 272 g/mol. The number of hydrogen-bond acceptors (Lipinski definition) is 5. The molecule has 0 aliphatic rings. The molecule has 7 heteroatoms. The second-order valence-electron chi connectivity index (χ2n) is 3.53. The Morgan fingerprint density at radius 3 is 2.83 bits per heavy atom. The van der Waals surface area contributed by atoms with Gasteiger partial charge in [-0.05, 0) is 23.8 Å². The van der Waals surface area contributed by atoms with Crippen molar-refractivity contribution in [2.24, 2.45) is 5.73 Å². The number of nitrogen functional groups attached to an aromatic ring is 1. The molecule has 0 atom stereocenters. The zero-order valence-corrected chi connectivity index (χ0v) is 10.9. The molecule has 0 fully saturated rings. The van der Waals surface area contributed by atoms with Crippen LogP contribution < -0.4 is 17.0 Å². The van der Waals surface area contributed by atoms with Crippen LogP contribution in [0.4, 0.5) is 5.82 Å². The SMILES string of the molecule is NCc1cc(Cl)ccc1Sc1nc(N)cc(=O)[nH]1. The molecule has 0 saturated heterocycles. The largest absolute Gasteiger partial charge is 0.383 e. The molecule has 0 bridgehead atoms. The smallest absolute Gasteiger partial charge is 0.253 e. The van der Waals surface area contributed by atoms with Crippen LogP contribution in [0.2, 0.25) is 5.02 Å². The predicted octanol–water partition coefficient (Wildman–Crippen LogP) is 1.62. The van der Waals surface area contributed by atoms with Crippen molar-refractivity contribution in [3.05, 3.63) is 45.2 Å². The Bertz CT molecular complexity index is 629. The Balaban J connectivity index is 2.36. The van der Waals surface area contributed by atoms with Crippen LogP contribution in [0.1, 0.15) is 5.56 Å². The van der Waals surface area contributed by atoms with Gasteiger partial charge in [0.1, 0.15) is 5.82 Å². The molecule has 0 unspecified atom stereocenters. The molecule has 5 N–H and O–H groups in total. The van der Waals surface area contributed by atoms with Crippen molar-refractivity contribution in [1.82, 2.24) is 9.97 Å². The number of rotatable bonds is 3. The van der Waals surface area contributed by atoms with Gasteiger partial charge in [-0.1, -0.05) is 23.4 Å². The first-order valence-electron chi connectivity index (χ1n) is 5.11. The monoisotopic (exact) mass is 282 g/mol. The van der Waals surface area contributed by atoms with E-state index in [1.807, 2.05) is 6.07 Å². The minimum atomic E-state index is -0.284. The van der Waals surface area contributed by atoms with E-state index in [-0.39, 0.29) is 11.4 Å². The van der Waals surface area contributed by atoms with Crippen LogP contribution in [0, 0.1) is 0 Å². The van der Waals surface area contributed by atoms with Crippen molar-refractivity contribution in [3.63, 3.8) is 0 Å². The lowest BCUT2D eigenvalue weighted by atomic mass is 10.2. The molecule has 5 nitrogen and oxygen atoms in total. The molecule has 1 aromatic heterocycles. The molecule has 1 heterocycles. The van der Waals surface area contributed by atoms with Gasteiger partial charge in [0, 0.05) is 22.5 Å². The van der Waals surface area contributed by atoms with E-state index in [0.717, 1.165) is 10.5 Å². The average Bonchev–Trinajstić information content (AvgIpc) is 2.30. The lowest BCUT2D eigenvalue weighted by Gasteiger charge is -2.07. The fourth-order valence-electron chi connectivity index (χ4n) is 1.41. The normalized spacial score (nSPS) is 10.6. The van der Waals surface area contributed by atoms with Crippen molar-refractivity contribution < 1.29 is 0 Å². The summed E-state index contributed by atoms with van der Waals surface area (Å²) in [6.45, 7) is 0.357. The van der Waals surface area contributed by atoms with Gasteiger partial charge in [-0.3, -0.25) is 4.79 Å². The molecule has 2 rings (SSSR count). The number of benzene rings is 1. The number of nitrogens with two attached hydrogens (primary N) is 2. The molecule has 0 spiro atoms. The average molecular weight is 283 g/mol. The number of halogens is 1. The van der Waals surface area contributed by atoms with Gasteiger partial charge in [-0.2, -0.15) is 0 Å². The van der Waals surface area contributed by atoms with Gasteiger partial charge in [0.05, 0.1) is 0 Å². The summed E-state index contributed by atoms with van der Waals surface area (Å²) in [5.41, 5.74) is 11.8. The first-order valence-corrected chi connectivity index (χ1v) is 6.31. The maximum atomic E-state index is 11.3. The van der Waals surface area contributed by atoms with Gasteiger partial charge in [0.25, 0.3) is 5.56 Å². The molecule has 0 amide bonds. The van der Waals surface area contributed by atoms with E-state index in [1.54, 1.807) is 12.1 Å². The van der Waals surface area contributed by atoms with E-state index in [4.69, 9.17) is 23.1 Å². The number of H-pyrrole nitrogens is 1. The van der Waals surface area contributed by atoms with Crippen molar-refractivity contribution in [2.75, 3.05) is 5.73 Å². The lowest BCUT2D eigenvalue weighted by Crippen LogP contribution is -2.09. The van der Waals surface area contributed by atoms with Crippen LogP contribution in [-0.2, 0) is 6.54 Å². The molecule has 0 radical (unpaired) electrons. The van der Waals surface area contributed by atoms with Gasteiger partial charge < -0.3 is 16.5 Å². The highest BCUT2D eigenvalue weighted by Crippen LogP contribution is 2.29. The number of nitrogens with zero attached hydrogens (tertiary/aromatic N) is 1. The Morgan fingerprint density at radius 2 is 2.17 bits per heavy atom. The number of anilines is 1. The summed E-state index contributed by atoms with van der Waals surface area (Å²) in [4.78, 5) is 18.8. The summed E-state index contributed by atoms with van der Waals surface area (Å²) < 4.78 is 0. The number of nitrogens with one attached hydrogen (secondary N) is 1. The molecule has 2 aromatic rings. The van der Waals surface area contributed by atoms with Crippen molar-refractivity contribution >= 4 is 29.2 Å². The molecule has 18 heavy (non-hydrogen) atoms. The van der Waals surface area contributed by atoms with Gasteiger partial charge >= 0.3 is 0 Å². The highest BCUT2D eigenvalue weighted by molar-refractivity contribution is 7.99. The Labute approximate surface area is 113 Å². The van der Waals surface area contributed by atoms with E-state index in [2.05, 4.69) is 9.97 Å². The van der Waals surface area contributed by atoms with E-state index in [9.17, 15) is 4.79 Å². The topological polar surface area (TPSA) is 97.8 Å². The number of aromatic amines is 1. The molecule has 1 aromatic carbocycles. The Morgan fingerprint density at radius 1 is 1.39 bits per heavy atom. The quantitative estimate of drug-likeness (QED) is 0.743.